The first kappa shape index (κ1) is 9.92. The largest absolute Gasteiger partial charge is 0.392 e. The Kier molecular flexibility index (Phi) is 5.64. The maximum atomic E-state index is 9.04. The smallest absolute Gasteiger partial charge is 0.0639 e. The Hall–Kier alpha value is -0.0800. The topological polar surface area (TPSA) is 23.5 Å². The number of rotatable bonds is 5. The molecule has 1 unspecified atom stereocenters. The molecule has 0 radical (unpaired) electrons. The fraction of sp³-hybridized carbons (Fsp3) is 1.00. The number of likely N-dealkylation sites (N-methyl/N-ethyl adjacent to an activating group) is 1. The van der Waals surface area contributed by atoms with Gasteiger partial charge < -0.3 is 10.0 Å². The molecule has 0 aliphatic rings. The van der Waals surface area contributed by atoms with Gasteiger partial charge in [-0.25, -0.2) is 0 Å². The van der Waals surface area contributed by atoms with E-state index in [-0.39, 0.29) is 6.10 Å². The fourth-order valence-corrected chi connectivity index (χ4v) is 1.07. The molecule has 0 spiro atoms. The summed E-state index contributed by atoms with van der Waals surface area (Å²) in [5.74, 6) is 0. The molecule has 0 aromatic rings. The second kappa shape index (κ2) is 5.69. The summed E-state index contributed by atoms with van der Waals surface area (Å²) in [6.07, 6.45) is 0.979. The van der Waals surface area contributed by atoms with E-state index in [1.54, 1.807) is 0 Å². The SMILES string of the molecule is CCCN(CC)CC(C)O. The van der Waals surface area contributed by atoms with Crippen molar-refractivity contribution in [2.24, 2.45) is 0 Å². The molecule has 62 valence electrons. The van der Waals surface area contributed by atoms with Crippen LogP contribution in [0.4, 0.5) is 0 Å². The van der Waals surface area contributed by atoms with Crippen LogP contribution < -0.4 is 0 Å². The van der Waals surface area contributed by atoms with Crippen LogP contribution >= 0.6 is 0 Å². The van der Waals surface area contributed by atoms with Crippen molar-refractivity contribution in [2.45, 2.75) is 33.3 Å². The first-order valence-electron chi connectivity index (χ1n) is 4.11. The van der Waals surface area contributed by atoms with Gasteiger partial charge in [0.25, 0.3) is 0 Å². The van der Waals surface area contributed by atoms with E-state index in [4.69, 9.17) is 5.11 Å². The minimum Gasteiger partial charge on any atom is -0.392 e. The molecule has 1 atom stereocenters. The Balaban J connectivity index is 3.39. The highest BCUT2D eigenvalue weighted by Gasteiger charge is 2.03. The quantitative estimate of drug-likeness (QED) is 0.626. The summed E-state index contributed by atoms with van der Waals surface area (Å²) in [5, 5.41) is 9.04. The molecule has 0 aliphatic carbocycles. The van der Waals surface area contributed by atoms with Crippen LogP contribution in [0.25, 0.3) is 0 Å². The van der Waals surface area contributed by atoms with Crippen molar-refractivity contribution in [2.75, 3.05) is 19.6 Å². The summed E-state index contributed by atoms with van der Waals surface area (Å²) in [4.78, 5) is 2.25. The highest BCUT2D eigenvalue weighted by molar-refractivity contribution is 4.57. The van der Waals surface area contributed by atoms with Gasteiger partial charge in [-0.15, -0.1) is 0 Å². The number of aliphatic hydroxyl groups excluding tert-OH is 1. The first-order chi connectivity index (χ1) is 4.70. The van der Waals surface area contributed by atoms with Gasteiger partial charge in [-0.1, -0.05) is 13.8 Å². The lowest BCUT2D eigenvalue weighted by Gasteiger charge is -2.20. The molecule has 2 heteroatoms. The van der Waals surface area contributed by atoms with Gasteiger partial charge in [-0.2, -0.15) is 0 Å². The Bertz CT molecular complexity index is 73.7. The van der Waals surface area contributed by atoms with Crippen molar-refractivity contribution >= 4 is 0 Å². The van der Waals surface area contributed by atoms with Crippen LogP contribution in [0.2, 0.25) is 0 Å². The van der Waals surface area contributed by atoms with Crippen LogP contribution in [-0.2, 0) is 0 Å². The van der Waals surface area contributed by atoms with Crippen molar-refractivity contribution in [3.05, 3.63) is 0 Å². The molecule has 2 nitrogen and oxygen atoms in total. The normalized spacial score (nSPS) is 14.1. The van der Waals surface area contributed by atoms with Crippen LogP contribution in [-0.4, -0.2) is 35.7 Å². The van der Waals surface area contributed by atoms with Crippen LogP contribution in [0.1, 0.15) is 27.2 Å². The third kappa shape index (κ3) is 4.77. The molecule has 10 heavy (non-hydrogen) atoms. The molecule has 0 bridgehead atoms. The van der Waals surface area contributed by atoms with Crippen molar-refractivity contribution in [3.63, 3.8) is 0 Å². The molecule has 0 aromatic heterocycles. The molecule has 0 heterocycles. The van der Waals surface area contributed by atoms with E-state index in [1.165, 1.54) is 6.42 Å². The zero-order valence-electron chi connectivity index (χ0n) is 7.30. The minimum atomic E-state index is -0.188. The predicted octanol–water partition coefficient (Wildman–Crippen LogP) is 1.10. The molecular formula is C8H19NO. The van der Waals surface area contributed by atoms with Crippen molar-refractivity contribution in [1.82, 2.24) is 4.90 Å². The highest BCUT2D eigenvalue weighted by atomic mass is 16.3. The Morgan fingerprint density at radius 2 is 2.00 bits per heavy atom. The molecule has 0 fully saturated rings. The van der Waals surface area contributed by atoms with Gasteiger partial charge in [-0.3, -0.25) is 0 Å². The van der Waals surface area contributed by atoms with Crippen molar-refractivity contribution < 1.29 is 5.11 Å². The lowest BCUT2D eigenvalue weighted by atomic mass is 10.3. The van der Waals surface area contributed by atoms with E-state index in [1.807, 2.05) is 6.92 Å². The van der Waals surface area contributed by atoms with Crippen molar-refractivity contribution in [1.29, 1.82) is 0 Å². The zero-order chi connectivity index (χ0) is 7.98. The van der Waals surface area contributed by atoms with Gasteiger partial charge in [0.15, 0.2) is 0 Å². The predicted molar refractivity (Wildman–Crippen MR) is 44.1 cm³/mol. The maximum absolute atomic E-state index is 9.04. The Labute approximate surface area is 63.8 Å². The van der Waals surface area contributed by atoms with Crippen LogP contribution in [0.15, 0.2) is 0 Å². The minimum absolute atomic E-state index is 0.188. The van der Waals surface area contributed by atoms with E-state index in [2.05, 4.69) is 18.7 Å². The summed E-state index contributed by atoms with van der Waals surface area (Å²) in [7, 11) is 0. The van der Waals surface area contributed by atoms with Gasteiger partial charge in [0.05, 0.1) is 6.10 Å². The Morgan fingerprint density at radius 1 is 1.40 bits per heavy atom. The van der Waals surface area contributed by atoms with Gasteiger partial charge in [0, 0.05) is 6.54 Å². The summed E-state index contributed by atoms with van der Waals surface area (Å²) in [5.41, 5.74) is 0. The van der Waals surface area contributed by atoms with Crippen LogP contribution in [0.3, 0.4) is 0 Å². The average molecular weight is 145 g/mol. The molecule has 0 aliphatic heterocycles. The second-order valence-electron chi connectivity index (χ2n) is 2.74. The number of aliphatic hydroxyl groups is 1. The highest BCUT2D eigenvalue weighted by Crippen LogP contribution is 1.92. The lowest BCUT2D eigenvalue weighted by molar-refractivity contribution is 0.130. The van der Waals surface area contributed by atoms with E-state index in [0.29, 0.717) is 0 Å². The molecule has 0 saturated heterocycles. The molecule has 0 rings (SSSR count). The third-order valence-electron chi connectivity index (χ3n) is 1.51. The molecular weight excluding hydrogens is 126 g/mol. The van der Waals surface area contributed by atoms with Gasteiger partial charge in [-0.05, 0) is 26.4 Å². The maximum Gasteiger partial charge on any atom is 0.0639 e. The lowest BCUT2D eigenvalue weighted by Crippen LogP contribution is -2.31. The van der Waals surface area contributed by atoms with E-state index in [9.17, 15) is 0 Å². The Morgan fingerprint density at radius 3 is 2.30 bits per heavy atom. The summed E-state index contributed by atoms with van der Waals surface area (Å²) in [6.45, 7) is 9.06. The van der Waals surface area contributed by atoms with Crippen molar-refractivity contribution in [3.8, 4) is 0 Å². The summed E-state index contributed by atoms with van der Waals surface area (Å²) in [6, 6.07) is 0. The molecule has 0 saturated carbocycles. The number of nitrogens with zero attached hydrogens (tertiary/aromatic N) is 1. The van der Waals surface area contributed by atoms with Crippen LogP contribution in [0, 0.1) is 0 Å². The van der Waals surface area contributed by atoms with Gasteiger partial charge in [0.2, 0.25) is 0 Å². The van der Waals surface area contributed by atoms with Gasteiger partial charge >= 0.3 is 0 Å². The second-order valence-corrected chi connectivity index (χ2v) is 2.74. The van der Waals surface area contributed by atoms with E-state index < -0.39 is 0 Å². The monoisotopic (exact) mass is 145 g/mol. The molecule has 0 amide bonds. The fourth-order valence-electron chi connectivity index (χ4n) is 1.07. The first-order valence-corrected chi connectivity index (χ1v) is 4.11. The molecule has 0 aromatic carbocycles. The standard InChI is InChI=1S/C8H19NO/c1-4-6-9(5-2)7-8(3)10/h8,10H,4-7H2,1-3H3. The molecule has 1 N–H and O–H groups in total. The number of hydrogen-bond acceptors (Lipinski definition) is 2. The zero-order valence-corrected chi connectivity index (χ0v) is 7.30. The van der Waals surface area contributed by atoms with Gasteiger partial charge in [0.1, 0.15) is 0 Å². The third-order valence-corrected chi connectivity index (χ3v) is 1.51. The number of hydrogen-bond donors (Lipinski definition) is 1. The summed E-state index contributed by atoms with van der Waals surface area (Å²) >= 11 is 0. The van der Waals surface area contributed by atoms with E-state index in [0.717, 1.165) is 19.6 Å². The average Bonchev–Trinajstić information content (AvgIpc) is 1.86. The van der Waals surface area contributed by atoms with Crippen LogP contribution in [0.5, 0.6) is 0 Å². The van der Waals surface area contributed by atoms with E-state index >= 15 is 0 Å². The summed E-state index contributed by atoms with van der Waals surface area (Å²) < 4.78 is 0.